The van der Waals surface area contributed by atoms with E-state index in [0.29, 0.717) is 67.2 Å². The average molecular weight is 1650 g/mol. The van der Waals surface area contributed by atoms with E-state index in [1.807, 2.05) is 0 Å². The highest BCUT2D eigenvalue weighted by Gasteiger charge is 2.73. The second kappa shape index (κ2) is 34.3. The van der Waals surface area contributed by atoms with Crippen LogP contribution in [0.3, 0.4) is 0 Å². The number of imide groups is 6. The molecule has 0 bridgehead atoms. The van der Waals surface area contributed by atoms with Crippen LogP contribution in [0.15, 0.2) is 286 Å². The zero-order valence-corrected chi connectivity index (χ0v) is 65.7. The summed E-state index contributed by atoms with van der Waals surface area (Å²) in [4.78, 5) is 200. The molecule has 0 unspecified atom stereocenters. The Kier molecular flexibility index (Phi) is 22.9. The van der Waals surface area contributed by atoms with Crippen molar-refractivity contribution in [3.8, 4) is 21.9 Å². The number of aliphatic imine (C=N–C) groups is 2. The fraction of sp³-hybridized carbons (Fsp3) is 0.140. The van der Waals surface area contributed by atoms with E-state index < -0.39 is 208 Å². The van der Waals surface area contributed by atoms with Gasteiger partial charge in [0.1, 0.15) is 87.6 Å². The summed E-state index contributed by atoms with van der Waals surface area (Å²) >= 11 is 1.40. The van der Waals surface area contributed by atoms with Gasteiger partial charge in [-0.2, -0.15) is 20.3 Å². The third-order valence-electron chi connectivity index (χ3n) is 20.6. The number of hydrogen-bond acceptors (Lipinski definition) is 26. The lowest BCUT2D eigenvalue weighted by atomic mass is 9.67. The van der Waals surface area contributed by atoms with Crippen LogP contribution in [0.2, 0.25) is 0 Å². The first-order chi connectivity index (χ1) is 58.7. The SMILES string of the molecule is CC1=C(C#N)C(=O)N(C(=O)OCc2ccccc2)C(=O)C1=NC1=Cc2sc3c(c2C1(C(=O)OCc1ccccc1)C(=O)OCc1ccccc1)C(C(=O)OCc1ccccc1)(C(=O)OCc1ccccc1)c1c-3sc2c1C(C(=O)OCc1ccccc1)(C(=O)OCc1ccccc1)C(N=C1C(=O)N(C(=O)OCc3ccccc3)C(=O)C(C#N)=C1C)=C2. The molecule has 598 valence electrons. The van der Waals surface area contributed by atoms with E-state index in [1.54, 1.807) is 255 Å². The Morgan fingerprint density at radius 2 is 0.529 bits per heavy atom. The van der Waals surface area contributed by atoms with Gasteiger partial charge in [-0.25, -0.2) is 19.6 Å². The van der Waals surface area contributed by atoms with E-state index in [1.165, 1.54) is 0 Å². The van der Waals surface area contributed by atoms with Crippen LogP contribution in [0.4, 0.5) is 9.59 Å². The van der Waals surface area contributed by atoms with Crippen molar-refractivity contribution in [3.05, 3.63) is 353 Å². The zero-order chi connectivity index (χ0) is 84.7. The van der Waals surface area contributed by atoms with E-state index >= 15 is 38.4 Å². The number of nitriles is 2. The summed E-state index contributed by atoms with van der Waals surface area (Å²) in [6.45, 7) is -2.67. The zero-order valence-electron chi connectivity index (χ0n) is 64.1. The van der Waals surface area contributed by atoms with Crippen LogP contribution in [0.25, 0.3) is 21.9 Å². The van der Waals surface area contributed by atoms with Crippen molar-refractivity contribution in [2.45, 2.75) is 82.9 Å². The van der Waals surface area contributed by atoms with Crippen molar-refractivity contribution in [3.63, 3.8) is 0 Å². The van der Waals surface area contributed by atoms with Crippen molar-refractivity contribution in [1.29, 1.82) is 10.5 Å². The summed E-state index contributed by atoms with van der Waals surface area (Å²) in [7, 11) is 0. The van der Waals surface area contributed by atoms with Gasteiger partial charge in [-0.05, 0) is 70.5 Å². The Morgan fingerprint density at radius 3 is 0.752 bits per heavy atom. The van der Waals surface area contributed by atoms with Crippen LogP contribution >= 0.6 is 22.7 Å². The van der Waals surface area contributed by atoms with Crippen molar-refractivity contribution >= 4 is 118 Å². The number of carbonyl (C=O) groups is 12. The van der Waals surface area contributed by atoms with E-state index in [9.17, 15) is 29.7 Å². The molecule has 0 fully saturated rings. The number of carbonyl (C=O) groups excluding carboxylic acids is 12. The first-order valence-corrected chi connectivity index (χ1v) is 39.0. The number of fused-ring (bicyclic) bond motifs is 7. The lowest BCUT2D eigenvalue weighted by Gasteiger charge is -2.35. The monoisotopic (exact) mass is 1650 g/mol. The second-order valence-electron chi connectivity index (χ2n) is 27.9. The molecule has 2 aromatic heterocycles. The predicted octanol–water partition coefficient (Wildman–Crippen LogP) is 13.7. The fourth-order valence-electron chi connectivity index (χ4n) is 14.6. The molecule has 15 rings (SSSR count). The molecule has 4 heterocycles. The first-order valence-electron chi connectivity index (χ1n) is 37.4. The molecular formula is C93H64N6O20S2. The van der Waals surface area contributed by atoms with Gasteiger partial charge in [0, 0.05) is 43.2 Å². The quantitative estimate of drug-likeness (QED) is 0.0235. The van der Waals surface area contributed by atoms with Crippen LogP contribution in [0.1, 0.15) is 90.4 Å². The summed E-state index contributed by atoms with van der Waals surface area (Å²) in [6, 6.07) is 68.4. The van der Waals surface area contributed by atoms with Crippen molar-refractivity contribution in [2.24, 2.45) is 9.98 Å². The van der Waals surface area contributed by atoms with Gasteiger partial charge < -0.3 is 37.9 Å². The van der Waals surface area contributed by atoms with Gasteiger partial charge >= 0.3 is 48.0 Å². The minimum atomic E-state index is -3.46. The van der Waals surface area contributed by atoms with E-state index in [0.717, 1.165) is 26.0 Å². The van der Waals surface area contributed by atoms with Gasteiger partial charge in [-0.15, -0.1) is 22.7 Å². The minimum absolute atomic E-state index is 0.0184. The maximum atomic E-state index is 17.5. The van der Waals surface area contributed by atoms with Gasteiger partial charge in [-0.1, -0.05) is 243 Å². The number of thiophene rings is 2. The summed E-state index contributed by atoms with van der Waals surface area (Å²) in [5, 5.41) is 21.7. The summed E-state index contributed by atoms with van der Waals surface area (Å²) in [5.41, 5.74) is -16.1. The van der Waals surface area contributed by atoms with Crippen LogP contribution in [0.5, 0.6) is 0 Å². The normalized spacial score (nSPS) is 15.7. The Labute approximate surface area is 697 Å². The molecule has 0 radical (unpaired) electrons. The molecule has 28 heteroatoms. The Hall–Kier alpha value is -15.5. The molecule has 0 saturated heterocycles. The standard InChI is InChI=1S/C93H64N6O20S2/c1-55-65(45-94)79(100)98(89(110)118-53-63-39-23-9-24-40-63)81(102)75(55)96-69-43-67-71(91(69,83(104)112-47-57-27-11-3-12-28-57)84(105)113-48-58-29-13-4-14-30-58)73-77(120-67)78-74(93(73,87(108)116-51-61-35-19-7-20-36-61)88(109)117-52-62-37-21-8-22-38-62)72-68(121-78)44-70(92(72,85(106)114-49-59-31-15-5-16-32-59)86(107)115-50-60-33-17-6-18-34-60)97-76-56(2)66(46-95)80(101)99(82(76)103)90(111)119-54-64-41-25-10-26-42-64/h3-44H,47-54H2,1-2H3. The molecule has 6 amide bonds. The third kappa shape index (κ3) is 14.8. The van der Waals surface area contributed by atoms with Crippen LogP contribution in [-0.4, -0.2) is 92.9 Å². The van der Waals surface area contributed by atoms with Gasteiger partial charge in [0.2, 0.25) is 16.2 Å². The number of hydrogen-bond donors (Lipinski definition) is 0. The highest BCUT2D eigenvalue weighted by atomic mass is 32.1. The molecule has 5 aliphatic rings. The van der Waals surface area contributed by atoms with Crippen molar-refractivity contribution in [2.75, 3.05) is 0 Å². The second-order valence-corrected chi connectivity index (χ2v) is 30.0. The Balaban J connectivity index is 1.03. The van der Waals surface area contributed by atoms with Gasteiger partial charge in [0.15, 0.2) is 0 Å². The van der Waals surface area contributed by atoms with Gasteiger partial charge in [0.05, 0.1) is 21.1 Å². The number of rotatable bonds is 24. The Bertz CT molecular complexity index is 5740. The highest BCUT2D eigenvalue weighted by molar-refractivity contribution is 7.24. The number of ether oxygens (including phenoxy) is 8. The van der Waals surface area contributed by atoms with Gasteiger partial charge in [0.25, 0.3) is 23.6 Å². The molecule has 0 N–H and O–H groups in total. The number of nitrogens with zero attached hydrogens (tertiary/aromatic N) is 6. The van der Waals surface area contributed by atoms with Crippen molar-refractivity contribution < 1.29 is 95.4 Å². The van der Waals surface area contributed by atoms with E-state index in [-0.39, 0.29) is 29.3 Å². The molecule has 121 heavy (non-hydrogen) atoms. The highest BCUT2D eigenvalue weighted by Crippen LogP contribution is 2.68. The molecule has 10 aromatic rings. The minimum Gasteiger partial charge on any atom is -0.459 e. The Morgan fingerprint density at radius 1 is 0.314 bits per heavy atom. The predicted molar refractivity (Wildman–Crippen MR) is 434 cm³/mol. The van der Waals surface area contributed by atoms with Crippen LogP contribution in [-0.2, 0) is 155 Å². The van der Waals surface area contributed by atoms with Crippen molar-refractivity contribution in [1.82, 2.24) is 9.80 Å². The molecule has 0 spiro atoms. The molecule has 8 aromatic carbocycles. The third-order valence-corrected chi connectivity index (χ3v) is 23.0. The fourth-order valence-corrected chi connectivity index (χ4v) is 17.4. The van der Waals surface area contributed by atoms with Crippen LogP contribution in [0, 0.1) is 22.7 Å². The summed E-state index contributed by atoms with van der Waals surface area (Å²) < 4.78 is 49.6. The maximum Gasteiger partial charge on any atom is 0.424 e. The molecule has 2 aliphatic heterocycles. The molecule has 0 saturated carbocycles. The maximum absolute atomic E-state index is 17.5. The molecule has 26 nitrogen and oxygen atoms in total. The lowest BCUT2D eigenvalue weighted by molar-refractivity contribution is -0.168. The number of amides is 6. The number of esters is 6. The van der Waals surface area contributed by atoms with E-state index in [4.69, 9.17) is 47.9 Å². The largest absolute Gasteiger partial charge is 0.459 e. The molecule has 3 aliphatic carbocycles. The summed E-state index contributed by atoms with van der Waals surface area (Å²) in [6.07, 6.45) is -0.845. The van der Waals surface area contributed by atoms with Gasteiger partial charge in [-0.3, -0.25) is 47.9 Å². The average Bonchev–Trinajstić information content (AvgIpc) is 1.48. The first kappa shape index (κ1) is 80.7. The number of benzene rings is 8. The van der Waals surface area contributed by atoms with Crippen LogP contribution < -0.4 is 0 Å². The smallest absolute Gasteiger partial charge is 0.424 e. The van der Waals surface area contributed by atoms with E-state index in [2.05, 4.69) is 0 Å². The molecular weight excluding hydrogens is 1590 g/mol. The summed E-state index contributed by atoms with van der Waals surface area (Å²) in [5.74, 6) is -15.4. The lowest BCUT2D eigenvalue weighted by Crippen LogP contribution is -2.53. The topological polar surface area (TPSA) is 357 Å². The molecule has 0 atom stereocenters.